The Labute approximate surface area is 117 Å². The van der Waals surface area contributed by atoms with E-state index in [9.17, 15) is 9.59 Å². The molecule has 20 heavy (non-hydrogen) atoms. The zero-order chi connectivity index (χ0) is 14.9. The number of nitrogens with one attached hydrogen (secondary N) is 1. The number of nitrogens with zero attached hydrogens (tertiary/aromatic N) is 1. The van der Waals surface area contributed by atoms with Crippen molar-refractivity contribution in [3.8, 4) is 0 Å². The van der Waals surface area contributed by atoms with Crippen molar-refractivity contribution in [3.63, 3.8) is 0 Å². The van der Waals surface area contributed by atoms with Gasteiger partial charge in [0, 0.05) is 24.1 Å². The Hall–Kier alpha value is -2.30. The quantitative estimate of drug-likeness (QED) is 0.895. The summed E-state index contributed by atoms with van der Waals surface area (Å²) in [7, 11) is 1.52. The Kier molecular flexibility index (Phi) is 3.79. The number of carboxylic acid groups (broad SMARTS) is 1. The highest BCUT2D eigenvalue weighted by Gasteiger charge is 2.22. The summed E-state index contributed by atoms with van der Waals surface area (Å²) in [6.45, 7) is 3.49. The average molecular weight is 274 g/mol. The number of rotatable bonds is 4. The average Bonchev–Trinajstić information content (AvgIpc) is 2.81. The van der Waals surface area contributed by atoms with Crippen molar-refractivity contribution in [1.29, 1.82) is 0 Å². The number of carbonyl (C=O) groups excluding carboxylic acids is 1. The van der Waals surface area contributed by atoms with Gasteiger partial charge in [0.1, 0.15) is 6.04 Å². The highest BCUT2D eigenvalue weighted by molar-refractivity contribution is 5.92. The van der Waals surface area contributed by atoms with E-state index in [2.05, 4.69) is 4.98 Å². The standard InChI is InChI=1S/C15H18N2O3/c1-9-5-4-6-12-14(9)11(8-16-12)7-13(18)17(3)10(2)15(19)20/h4-6,8,10,16H,7H2,1-3H3,(H,19,20). The number of hydrogen-bond acceptors (Lipinski definition) is 2. The van der Waals surface area contributed by atoms with Crippen molar-refractivity contribution in [1.82, 2.24) is 9.88 Å². The number of likely N-dealkylation sites (N-methyl/N-ethyl adjacent to an activating group) is 1. The van der Waals surface area contributed by atoms with Gasteiger partial charge in [-0.2, -0.15) is 0 Å². The van der Waals surface area contributed by atoms with Crippen LogP contribution in [0.4, 0.5) is 0 Å². The van der Waals surface area contributed by atoms with Gasteiger partial charge in [-0.05, 0) is 31.0 Å². The molecule has 1 aromatic carbocycles. The lowest BCUT2D eigenvalue weighted by Crippen LogP contribution is -2.41. The van der Waals surface area contributed by atoms with Gasteiger partial charge in [0.2, 0.25) is 5.91 Å². The van der Waals surface area contributed by atoms with Crippen molar-refractivity contribution >= 4 is 22.8 Å². The number of aromatic amines is 1. The van der Waals surface area contributed by atoms with E-state index in [-0.39, 0.29) is 12.3 Å². The molecule has 2 N–H and O–H groups in total. The molecule has 1 atom stereocenters. The number of H-pyrrole nitrogens is 1. The molecule has 0 bridgehead atoms. The first-order chi connectivity index (χ1) is 9.41. The van der Waals surface area contributed by atoms with Gasteiger partial charge in [0.25, 0.3) is 0 Å². The molecule has 0 fully saturated rings. The molecular weight excluding hydrogens is 256 g/mol. The van der Waals surface area contributed by atoms with Crippen LogP contribution in [0, 0.1) is 6.92 Å². The van der Waals surface area contributed by atoms with Gasteiger partial charge < -0.3 is 15.0 Å². The van der Waals surface area contributed by atoms with Gasteiger partial charge in [-0.3, -0.25) is 4.79 Å². The molecule has 0 aliphatic heterocycles. The summed E-state index contributed by atoms with van der Waals surface area (Å²) in [6, 6.07) is 5.08. The van der Waals surface area contributed by atoms with Crippen LogP contribution in [0.2, 0.25) is 0 Å². The predicted octanol–water partition coefficient (Wildman–Crippen LogP) is 1.95. The van der Waals surface area contributed by atoms with Gasteiger partial charge in [-0.1, -0.05) is 12.1 Å². The van der Waals surface area contributed by atoms with Crippen LogP contribution in [-0.4, -0.2) is 40.0 Å². The third-order valence-corrected chi connectivity index (χ3v) is 3.67. The summed E-state index contributed by atoms with van der Waals surface area (Å²) >= 11 is 0. The van der Waals surface area contributed by atoms with Crippen LogP contribution < -0.4 is 0 Å². The molecule has 0 saturated carbocycles. The number of hydrogen-bond donors (Lipinski definition) is 2. The molecule has 5 nitrogen and oxygen atoms in total. The van der Waals surface area contributed by atoms with Gasteiger partial charge in [-0.25, -0.2) is 4.79 Å². The molecule has 1 unspecified atom stereocenters. The molecule has 0 saturated heterocycles. The molecule has 1 amide bonds. The maximum atomic E-state index is 12.2. The van der Waals surface area contributed by atoms with Crippen LogP contribution in [0.25, 0.3) is 10.9 Å². The van der Waals surface area contributed by atoms with E-state index in [0.717, 1.165) is 22.0 Å². The van der Waals surface area contributed by atoms with E-state index >= 15 is 0 Å². The number of carboxylic acids is 1. The minimum absolute atomic E-state index is 0.193. The summed E-state index contributed by atoms with van der Waals surface area (Å²) in [5, 5.41) is 9.98. The Bertz CT molecular complexity index is 660. The lowest BCUT2D eigenvalue weighted by atomic mass is 10.0. The maximum Gasteiger partial charge on any atom is 0.326 e. The van der Waals surface area contributed by atoms with E-state index < -0.39 is 12.0 Å². The summed E-state index contributed by atoms with van der Waals surface area (Å²) in [5.74, 6) is -1.21. The molecule has 0 aliphatic rings. The van der Waals surface area contributed by atoms with Crippen molar-refractivity contribution in [2.75, 3.05) is 7.05 Å². The van der Waals surface area contributed by atoms with Crippen molar-refractivity contribution in [2.45, 2.75) is 26.3 Å². The normalized spacial score (nSPS) is 12.3. The minimum atomic E-state index is -1.00. The number of benzene rings is 1. The van der Waals surface area contributed by atoms with Gasteiger partial charge >= 0.3 is 5.97 Å². The molecule has 0 spiro atoms. The third-order valence-electron chi connectivity index (χ3n) is 3.67. The molecule has 1 heterocycles. The summed E-state index contributed by atoms with van der Waals surface area (Å²) in [5.41, 5.74) is 2.98. The lowest BCUT2D eigenvalue weighted by molar-refractivity contribution is -0.147. The van der Waals surface area contributed by atoms with Gasteiger partial charge in [-0.15, -0.1) is 0 Å². The number of carbonyl (C=O) groups is 2. The summed E-state index contributed by atoms with van der Waals surface area (Å²) in [4.78, 5) is 27.5. The molecule has 0 aliphatic carbocycles. The maximum absolute atomic E-state index is 12.2. The monoisotopic (exact) mass is 274 g/mol. The zero-order valence-corrected chi connectivity index (χ0v) is 11.8. The van der Waals surface area contributed by atoms with E-state index in [4.69, 9.17) is 5.11 Å². The first-order valence-electron chi connectivity index (χ1n) is 6.46. The van der Waals surface area contributed by atoms with E-state index in [1.807, 2.05) is 31.3 Å². The molecule has 2 rings (SSSR count). The summed E-state index contributed by atoms with van der Waals surface area (Å²) < 4.78 is 0. The Morgan fingerprint density at radius 1 is 1.40 bits per heavy atom. The van der Waals surface area contributed by atoms with E-state index in [0.29, 0.717) is 0 Å². The topological polar surface area (TPSA) is 73.4 Å². The van der Waals surface area contributed by atoms with E-state index in [1.54, 1.807) is 0 Å². The molecular formula is C15H18N2O3. The van der Waals surface area contributed by atoms with E-state index in [1.165, 1.54) is 18.9 Å². The van der Waals surface area contributed by atoms with Crippen LogP contribution in [-0.2, 0) is 16.0 Å². The highest BCUT2D eigenvalue weighted by Crippen LogP contribution is 2.22. The van der Waals surface area contributed by atoms with Crippen LogP contribution in [0.15, 0.2) is 24.4 Å². The molecule has 1 aromatic heterocycles. The van der Waals surface area contributed by atoms with Gasteiger partial charge in [0.15, 0.2) is 0 Å². The second kappa shape index (κ2) is 5.36. The zero-order valence-electron chi connectivity index (χ0n) is 11.8. The van der Waals surface area contributed by atoms with Crippen molar-refractivity contribution in [2.24, 2.45) is 0 Å². The van der Waals surface area contributed by atoms with Crippen LogP contribution >= 0.6 is 0 Å². The van der Waals surface area contributed by atoms with Crippen LogP contribution in [0.1, 0.15) is 18.1 Å². The highest BCUT2D eigenvalue weighted by atomic mass is 16.4. The molecule has 2 aromatic rings. The molecule has 106 valence electrons. The molecule has 5 heteroatoms. The second-order valence-corrected chi connectivity index (χ2v) is 5.01. The summed E-state index contributed by atoms with van der Waals surface area (Å²) in [6.07, 6.45) is 2.01. The smallest absolute Gasteiger partial charge is 0.326 e. The minimum Gasteiger partial charge on any atom is -0.480 e. The van der Waals surface area contributed by atoms with Gasteiger partial charge in [0.05, 0.1) is 6.42 Å². The number of aliphatic carboxylic acids is 1. The fourth-order valence-electron chi connectivity index (χ4n) is 2.26. The SMILES string of the molecule is Cc1cccc2[nH]cc(CC(=O)N(C)C(C)C(=O)O)c12. The fraction of sp³-hybridized carbons (Fsp3) is 0.333. The molecule has 0 radical (unpaired) electrons. The third kappa shape index (κ3) is 2.52. The second-order valence-electron chi connectivity index (χ2n) is 5.01. The van der Waals surface area contributed by atoms with Crippen LogP contribution in [0.5, 0.6) is 0 Å². The Balaban J connectivity index is 2.24. The number of amides is 1. The van der Waals surface area contributed by atoms with Crippen LogP contribution in [0.3, 0.4) is 0 Å². The predicted molar refractivity (Wildman–Crippen MR) is 76.6 cm³/mol. The largest absolute Gasteiger partial charge is 0.480 e. The number of aromatic nitrogens is 1. The number of fused-ring (bicyclic) bond motifs is 1. The lowest BCUT2D eigenvalue weighted by Gasteiger charge is -2.21. The first kappa shape index (κ1) is 14.1. The Morgan fingerprint density at radius 3 is 2.75 bits per heavy atom. The van der Waals surface area contributed by atoms with Crippen molar-refractivity contribution in [3.05, 3.63) is 35.5 Å². The number of aryl methyl sites for hydroxylation is 1. The first-order valence-corrected chi connectivity index (χ1v) is 6.46. The fourth-order valence-corrected chi connectivity index (χ4v) is 2.26. The Morgan fingerprint density at radius 2 is 2.10 bits per heavy atom. The van der Waals surface area contributed by atoms with Crippen molar-refractivity contribution < 1.29 is 14.7 Å².